The van der Waals surface area contributed by atoms with Gasteiger partial charge in [-0.15, -0.1) is 32.9 Å². The van der Waals surface area contributed by atoms with Gasteiger partial charge in [-0.3, -0.25) is 4.90 Å². The van der Waals surface area contributed by atoms with E-state index in [4.69, 9.17) is 14.4 Å². The van der Waals surface area contributed by atoms with Gasteiger partial charge in [0.25, 0.3) is 11.1 Å². The van der Waals surface area contributed by atoms with Gasteiger partial charge in [-0.2, -0.15) is 0 Å². The van der Waals surface area contributed by atoms with E-state index in [1.165, 1.54) is 59.7 Å². The van der Waals surface area contributed by atoms with Gasteiger partial charge in [0.2, 0.25) is 0 Å². The van der Waals surface area contributed by atoms with E-state index in [1.807, 2.05) is 28.8 Å². The Morgan fingerprint density at radius 1 is 1.03 bits per heavy atom. The van der Waals surface area contributed by atoms with Crippen molar-refractivity contribution in [2.24, 2.45) is 0 Å². The fraction of sp³-hybridized carbons (Fsp3) is 0.455. The van der Waals surface area contributed by atoms with Crippen molar-refractivity contribution in [3.8, 4) is 10.8 Å². The lowest BCUT2D eigenvalue weighted by atomic mass is 9.97. The average molecular weight is 470 g/mol. The quantitative estimate of drug-likeness (QED) is 0.341. The minimum absolute atomic E-state index is 0.545. The van der Waals surface area contributed by atoms with E-state index < -0.39 is 0 Å². The summed E-state index contributed by atoms with van der Waals surface area (Å²) in [5.41, 5.74) is 1.44. The number of piperidine rings is 1. The van der Waals surface area contributed by atoms with Crippen molar-refractivity contribution in [1.82, 2.24) is 25.1 Å². The van der Waals surface area contributed by atoms with Crippen molar-refractivity contribution in [2.45, 2.75) is 61.7 Å². The molecule has 2 aliphatic rings. The molecular formula is C22H23N5OS3. The second-order valence-electron chi connectivity index (χ2n) is 8.13. The molecule has 0 radical (unpaired) electrons. The second kappa shape index (κ2) is 8.61. The van der Waals surface area contributed by atoms with Crippen molar-refractivity contribution in [2.75, 3.05) is 13.1 Å². The van der Waals surface area contributed by atoms with Gasteiger partial charge < -0.3 is 4.42 Å². The minimum atomic E-state index is 0.545. The zero-order valence-electron chi connectivity index (χ0n) is 17.2. The molecular weight excluding hydrogens is 446 g/mol. The van der Waals surface area contributed by atoms with Gasteiger partial charge in [0.15, 0.2) is 0 Å². The van der Waals surface area contributed by atoms with Crippen LogP contribution in [0, 0.1) is 0 Å². The molecule has 6 rings (SSSR count). The lowest BCUT2D eigenvalue weighted by Gasteiger charge is -2.25. The van der Waals surface area contributed by atoms with Crippen LogP contribution < -0.4 is 0 Å². The Labute approximate surface area is 193 Å². The number of aryl methyl sites for hydroxylation is 2. The maximum Gasteiger partial charge on any atom is 0.283 e. The molecule has 1 aliphatic carbocycles. The summed E-state index contributed by atoms with van der Waals surface area (Å²) in [5.74, 6) is 1.48. The summed E-state index contributed by atoms with van der Waals surface area (Å²) >= 11 is 4.95. The molecule has 1 fully saturated rings. The summed E-state index contributed by atoms with van der Waals surface area (Å²) < 4.78 is 5.98. The molecule has 0 bridgehead atoms. The molecule has 160 valence electrons. The standard InChI is InChI=1S/C22H23N5OS3/c1-4-10-27(11-5-1)13-17-23-20-18(14-7-2-3-8-15(14)30-20)21(24-17)31-22-26-25-19(28-22)16-9-6-12-29-16/h6,9,12H,1-5,7-8,10-11,13H2. The number of rotatable bonds is 5. The van der Waals surface area contributed by atoms with Gasteiger partial charge in [-0.25, -0.2) is 9.97 Å². The van der Waals surface area contributed by atoms with Crippen LogP contribution in [0.1, 0.15) is 48.4 Å². The number of hydrogen-bond donors (Lipinski definition) is 0. The van der Waals surface area contributed by atoms with E-state index in [0.29, 0.717) is 11.1 Å². The summed E-state index contributed by atoms with van der Waals surface area (Å²) in [5, 5.41) is 13.3. The second-order valence-corrected chi connectivity index (χ2v) is 11.1. The van der Waals surface area contributed by atoms with Crippen LogP contribution in [0.25, 0.3) is 21.0 Å². The third kappa shape index (κ3) is 4.04. The molecule has 1 aliphatic heterocycles. The maximum atomic E-state index is 5.98. The van der Waals surface area contributed by atoms with E-state index >= 15 is 0 Å². The van der Waals surface area contributed by atoms with E-state index in [-0.39, 0.29) is 0 Å². The van der Waals surface area contributed by atoms with Crippen LogP contribution in [0.2, 0.25) is 0 Å². The fourth-order valence-electron chi connectivity index (χ4n) is 4.46. The predicted molar refractivity (Wildman–Crippen MR) is 125 cm³/mol. The van der Waals surface area contributed by atoms with Gasteiger partial charge in [-0.05, 0) is 80.4 Å². The highest BCUT2D eigenvalue weighted by atomic mass is 32.2. The van der Waals surface area contributed by atoms with Crippen molar-refractivity contribution in [3.05, 3.63) is 33.8 Å². The largest absolute Gasteiger partial charge is 0.410 e. The third-order valence-electron chi connectivity index (χ3n) is 5.96. The summed E-state index contributed by atoms with van der Waals surface area (Å²) in [7, 11) is 0. The molecule has 4 aromatic heterocycles. The van der Waals surface area contributed by atoms with E-state index in [0.717, 1.165) is 53.0 Å². The molecule has 0 saturated carbocycles. The Balaban J connectivity index is 1.38. The molecule has 0 atom stereocenters. The van der Waals surface area contributed by atoms with E-state index in [9.17, 15) is 0 Å². The van der Waals surface area contributed by atoms with Crippen LogP contribution >= 0.6 is 34.4 Å². The maximum absolute atomic E-state index is 5.98. The summed E-state index contributed by atoms with van der Waals surface area (Å²) in [6, 6.07) is 4.00. The smallest absolute Gasteiger partial charge is 0.283 e. The van der Waals surface area contributed by atoms with E-state index in [1.54, 1.807) is 11.3 Å². The number of thiophene rings is 2. The highest BCUT2D eigenvalue weighted by Gasteiger charge is 2.24. The highest BCUT2D eigenvalue weighted by molar-refractivity contribution is 7.99. The molecule has 0 aromatic carbocycles. The molecule has 0 unspecified atom stereocenters. The topological polar surface area (TPSA) is 67.9 Å². The Morgan fingerprint density at radius 3 is 2.81 bits per heavy atom. The van der Waals surface area contributed by atoms with Crippen LogP contribution in [-0.2, 0) is 19.4 Å². The van der Waals surface area contributed by atoms with E-state index in [2.05, 4.69) is 15.1 Å². The zero-order valence-corrected chi connectivity index (χ0v) is 19.6. The van der Waals surface area contributed by atoms with Crippen LogP contribution in [0.3, 0.4) is 0 Å². The molecule has 5 heterocycles. The van der Waals surface area contributed by atoms with Crippen molar-refractivity contribution >= 4 is 44.7 Å². The fourth-order valence-corrected chi connectivity index (χ4v) is 7.29. The van der Waals surface area contributed by atoms with Crippen LogP contribution in [0.15, 0.2) is 32.2 Å². The number of likely N-dealkylation sites (tertiary alicyclic amines) is 1. The van der Waals surface area contributed by atoms with Gasteiger partial charge in [0.05, 0.1) is 11.4 Å². The molecule has 9 heteroatoms. The lowest BCUT2D eigenvalue weighted by molar-refractivity contribution is 0.216. The SMILES string of the molecule is c1csc(-c2nnc(Sc3nc(CN4CCCCC4)nc4sc5c(c34)CCCC5)o2)c1. The summed E-state index contributed by atoms with van der Waals surface area (Å²) in [6.07, 6.45) is 8.65. The van der Waals surface area contributed by atoms with Crippen molar-refractivity contribution in [3.63, 3.8) is 0 Å². The van der Waals surface area contributed by atoms with Crippen LogP contribution in [0.5, 0.6) is 0 Å². The minimum Gasteiger partial charge on any atom is -0.410 e. The summed E-state index contributed by atoms with van der Waals surface area (Å²) in [6.45, 7) is 3.09. The first-order chi connectivity index (χ1) is 15.3. The number of fused-ring (bicyclic) bond motifs is 3. The molecule has 0 amide bonds. The Bertz CT molecular complexity index is 1190. The van der Waals surface area contributed by atoms with Crippen LogP contribution in [-0.4, -0.2) is 38.2 Å². The first kappa shape index (κ1) is 19.8. The van der Waals surface area contributed by atoms with Gasteiger partial charge in [0, 0.05) is 10.3 Å². The number of nitrogens with zero attached hydrogens (tertiary/aromatic N) is 5. The number of hydrogen-bond acceptors (Lipinski definition) is 9. The van der Waals surface area contributed by atoms with Crippen molar-refractivity contribution in [1.29, 1.82) is 0 Å². The molecule has 1 saturated heterocycles. The zero-order chi connectivity index (χ0) is 20.6. The highest BCUT2D eigenvalue weighted by Crippen LogP contribution is 2.41. The monoisotopic (exact) mass is 469 g/mol. The van der Waals surface area contributed by atoms with Gasteiger partial charge in [-0.1, -0.05) is 12.5 Å². The van der Waals surface area contributed by atoms with Crippen molar-refractivity contribution < 1.29 is 4.42 Å². The molecule has 6 nitrogen and oxygen atoms in total. The molecule has 31 heavy (non-hydrogen) atoms. The Hall–Kier alpha value is -1.81. The lowest BCUT2D eigenvalue weighted by Crippen LogP contribution is -2.29. The predicted octanol–water partition coefficient (Wildman–Crippen LogP) is 5.82. The molecule has 4 aromatic rings. The average Bonchev–Trinajstić information content (AvgIpc) is 3.54. The Morgan fingerprint density at radius 2 is 1.94 bits per heavy atom. The normalized spacial score (nSPS) is 17.3. The molecule has 0 N–H and O–H groups in total. The van der Waals surface area contributed by atoms with Gasteiger partial charge >= 0.3 is 0 Å². The first-order valence-electron chi connectivity index (χ1n) is 10.9. The number of aromatic nitrogens is 4. The Kier molecular flexibility index (Phi) is 5.51. The third-order valence-corrected chi connectivity index (χ3v) is 8.84. The van der Waals surface area contributed by atoms with Crippen LogP contribution in [0.4, 0.5) is 0 Å². The summed E-state index contributed by atoms with van der Waals surface area (Å²) in [4.78, 5) is 16.1. The van der Waals surface area contributed by atoms with Gasteiger partial charge in [0.1, 0.15) is 15.7 Å². The first-order valence-corrected chi connectivity index (χ1v) is 13.4. The molecule has 0 spiro atoms.